The molecule has 0 amide bonds. The Hall–Kier alpha value is -5.54. The molecule has 0 saturated carbocycles. The highest BCUT2D eigenvalue weighted by atomic mass is 16.3. The summed E-state index contributed by atoms with van der Waals surface area (Å²) in [5.41, 5.74) is 13.0. The first kappa shape index (κ1) is 22.2. The van der Waals surface area contributed by atoms with E-state index in [2.05, 4.69) is 126 Å². The standard InChI is InChI=1S/C39H22N2O/c1-4-12-30-26(9-1)27-19-17-25(33-20-18-24-16-15-23-8-7-21-40-36(23)37(24)41-33)22-32(27)39(30)31-13-5-2-10-28(31)35-29-11-3-6-14-34(29)42-38(35)39/h1-22H. The quantitative estimate of drug-likeness (QED) is 0.197. The molecular weight excluding hydrogens is 512 g/mol. The third-order valence-electron chi connectivity index (χ3n) is 9.31. The van der Waals surface area contributed by atoms with Crippen molar-refractivity contribution in [2.75, 3.05) is 0 Å². The van der Waals surface area contributed by atoms with Gasteiger partial charge < -0.3 is 4.42 Å². The predicted octanol–water partition coefficient (Wildman–Crippen LogP) is 9.54. The fourth-order valence-electron chi connectivity index (χ4n) is 7.59. The minimum absolute atomic E-state index is 0.544. The molecule has 0 radical (unpaired) electrons. The van der Waals surface area contributed by atoms with Crippen LogP contribution < -0.4 is 0 Å². The number of rotatable bonds is 1. The van der Waals surface area contributed by atoms with Crippen LogP contribution in [0.4, 0.5) is 0 Å². The summed E-state index contributed by atoms with van der Waals surface area (Å²) < 4.78 is 6.87. The maximum Gasteiger partial charge on any atom is 0.135 e. The molecule has 5 aromatic carbocycles. The highest BCUT2D eigenvalue weighted by Crippen LogP contribution is 2.64. The maximum absolute atomic E-state index is 6.87. The largest absolute Gasteiger partial charge is 0.459 e. The smallest absolute Gasteiger partial charge is 0.135 e. The summed E-state index contributed by atoms with van der Waals surface area (Å²) in [6.45, 7) is 0. The van der Waals surface area contributed by atoms with Gasteiger partial charge >= 0.3 is 0 Å². The van der Waals surface area contributed by atoms with Crippen molar-refractivity contribution in [2.24, 2.45) is 0 Å². The van der Waals surface area contributed by atoms with E-state index < -0.39 is 5.41 Å². The number of pyridine rings is 2. The number of furan rings is 1. The molecule has 10 rings (SSSR count). The van der Waals surface area contributed by atoms with Gasteiger partial charge in [0.05, 0.1) is 16.7 Å². The van der Waals surface area contributed by atoms with Crippen molar-refractivity contribution in [3.05, 3.63) is 156 Å². The monoisotopic (exact) mass is 534 g/mol. The zero-order chi connectivity index (χ0) is 27.4. The lowest BCUT2D eigenvalue weighted by molar-refractivity contribution is 0.507. The van der Waals surface area contributed by atoms with E-state index in [1.165, 1.54) is 38.9 Å². The van der Waals surface area contributed by atoms with Crippen molar-refractivity contribution >= 4 is 32.8 Å². The van der Waals surface area contributed by atoms with Crippen molar-refractivity contribution in [3.8, 4) is 33.5 Å². The molecule has 0 saturated heterocycles. The first-order chi connectivity index (χ1) is 20.8. The number of para-hydroxylation sites is 1. The SMILES string of the molecule is c1ccc2c(c1)-c1ccc(-c3ccc4ccc5cccnc5c4n3)cc1C21c2ccccc2-c2c1oc1ccccc21. The van der Waals surface area contributed by atoms with E-state index in [1.807, 2.05) is 12.3 Å². The zero-order valence-electron chi connectivity index (χ0n) is 22.5. The highest BCUT2D eigenvalue weighted by Gasteiger charge is 2.55. The molecule has 2 aliphatic rings. The van der Waals surface area contributed by atoms with Crippen molar-refractivity contribution in [1.29, 1.82) is 0 Å². The van der Waals surface area contributed by atoms with Crippen molar-refractivity contribution in [3.63, 3.8) is 0 Å². The molecule has 0 bridgehead atoms. The first-order valence-corrected chi connectivity index (χ1v) is 14.3. The van der Waals surface area contributed by atoms with Crippen molar-refractivity contribution < 1.29 is 4.42 Å². The Kier molecular flexibility index (Phi) is 4.12. The van der Waals surface area contributed by atoms with Gasteiger partial charge in [-0.2, -0.15) is 0 Å². The summed E-state index contributed by atoms with van der Waals surface area (Å²) in [4.78, 5) is 9.88. The lowest BCUT2D eigenvalue weighted by atomic mass is 9.73. The van der Waals surface area contributed by atoms with Gasteiger partial charge in [0.1, 0.15) is 16.8 Å². The highest BCUT2D eigenvalue weighted by molar-refractivity contribution is 6.05. The molecular formula is C39H22N2O. The summed E-state index contributed by atoms with van der Waals surface area (Å²) in [5, 5.41) is 3.35. The number of aromatic nitrogens is 2. The third-order valence-corrected chi connectivity index (χ3v) is 9.31. The van der Waals surface area contributed by atoms with Gasteiger partial charge in [-0.1, -0.05) is 103 Å². The topological polar surface area (TPSA) is 38.9 Å². The molecule has 3 aromatic heterocycles. The minimum atomic E-state index is -0.544. The van der Waals surface area contributed by atoms with Gasteiger partial charge in [-0.3, -0.25) is 4.98 Å². The number of hydrogen-bond donors (Lipinski definition) is 0. The van der Waals surface area contributed by atoms with E-state index in [4.69, 9.17) is 9.40 Å². The van der Waals surface area contributed by atoms with Crippen LogP contribution in [0, 0.1) is 0 Å². The Balaban J connectivity index is 1.30. The number of benzene rings is 5. The van der Waals surface area contributed by atoms with E-state index in [0.29, 0.717) is 0 Å². The van der Waals surface area contributed by atoms with Gasteiger partial charge in [-0.25, -0.2) is 4.98 Å². The first-order valence-electron chi connectivity index (χ1n) is 14.3. The van der Waals surface area contributed by atoms with E-state index in [-0.39, 0.29) is 0 Å². The average molecular weight is 535 g/mol. The van der Waals surface area contributed by atoms with Crippen LogP contribution in [0.15, 0.2) is 138 Å². The van der Waals surface area contributed by atoms with Crippen LogP contribution in [0.3, 0.4) is 0 Å². The molecule has 8 aromatic rings. The molecule has 0 N–H and O–H groups in total. The molecule has 2 aliphatic carbocycles. The Labute approximate surface area is 241 Å². The second-order valence-corrected chi connectivity index (χ2v) is 11.3. The third kappa shape index (κ3) is 2.62. The lowest BCUT2D eigenvalue weighted by Gasteiger charge is -2.28. The molecule has 3 heteroatoms. The van der Waals surface area contributed by atoms with E-state index in [0.717, 1.165) is 49.8 Å². The Bertz CT molecular complexity index is 2430. The second kappa shape index (κ2) is 7.80. The minimum Gasteiger partial charge on any atom is -0.459 e. The molecule has 3 nitrogen and oxygen atoms in total. The predicted molar refractivity (Wildman–Crippen MR) is 169 cm³/mol. The lowest BCUT2D eigenvalue weighted by Crippen LogP contribution is -2.25. The van der Waals surface area contributed by atoms with Gasteiger partial charge in [0.25, 0.3) is 0 Å². The van der Waals surface area contributed by atoms with Crippen LogP contribution in [-0.4, -0.2) is 9.97 Å². The number of fused-ring (bicyclic) bond motifs is 15. The van der Waals surface area contributed by atoms with Crippen molar-refractivity contribution in [2.45, 2.75) is 5.41 Å². The number of hydrogen-bond acceptors (Lipinski definition) is 3. The summed E-state index contributed by atoms with van der Waals surface area (Å²) in [6, 6.07) is 45.5. The van der Waals surface area contributed by atoms with Gasteiger partial charge in [0.2, 0.25) is 0 Å². The van der Waals surface area contributed by atoms with Crippen LogP contribution in [-0.2, 0) is 5.41 Å². The van der Waals surface area contributed by atoms with Crippen LogP contribution in [0.2, 0.25) is 0 Å². The summed E-state index contributed by atoms with van der Waals surface area (Å²) >= 11 is 0. The van der Waals surface area contributed by atoms with E-state index in [9.17, 15) is 0 Å². The number of nitrogens with zero attached hydrogens (tertiary/aromatic N) is 2. The molecule has 0 aliphatic heterocycles. The zero-order valence-corrected chi connectivity index (χ0v) is 22.5. The normalized spacial score (nSPS) is 16.2. The van der Waals surface area contributed by atoms with Crippen LogP contribution in [0.1, 0.15) is 22.5 Å². The maximum atomic E-state index is 6.87. The van der Waals surface area contributed by atoms with Crippen LogP contribution in [0.5, 0.6) is 0 Å². The molecule has 3 heterocycles. The Morgan fingerprint density at radius 3 is 2.17 bits per heavy atom. The van der Waals surface area contributed by atoms with Crippen LogP contribution in [0.25, 0.3) is 66.3 Å². The average Bonchev–Trinajstić information content (AvgIpc) is 3.68. The van der Waals surface area contributed by atoms with E-state index in [1.54, 1.807) is 0 Å². The summed E-state index contributed by atoms with van der Waals surface area (Å²) in [5.74, 6) is 1.01. The van der Waals surface area contributed by atoms with Gasteiger partial charge in [0, 0.05) is 33.5 Å². The van der Waals surface area contributed by atoms with Crippen LogP contribution >= 0.6 is 0 Å². The van der Waals surface area contributed by atoms with Crippen molar-refractivity contribution in [1.82, 2.24) is 9.97 Å². The Morgan fingerprint density at radius 1 is 0.548 bits per heavy atom. The fraction of sp³-hybridized carbons (Fsp3) is 0.0256. The van der Waals surface area contributed by atoms with Gasteiger partial charge in [-0.05, 0) is 57.6 Å². The molecule has 42 heavy (non-hydrogen) atoms. The Morgan fingerprint density at radius 2 is 1.26 bits per heavy atom. The van der Waals surface area contributed by atoms with Gasteiger partial charge in [-0.15, -0.1) is 0 Å². The summed E-state index contributed by atoms with van der Waals surface area (Å²) in [7, 11) is 0. The van der Waals surface area contributed by atoms with E-state index >= 15 is 0 Å². The molecule has 1 atom stereocenters. The molecule has 0 fully saturated rings. The fourth-order valence-corrected chi connectivity index (χ4v) is 7.59. The second-order valence-electron chi connectivity index (χ2n) is 11.3. The molecule has 1 unspecified atom stereocenters. The molecule has 1 spiro atoms. The van der Waals surface area contributed by atoms with Gasteiger partial charge in [0.15, 0.2) is 0 Å². The molecule has 194 valence electrons. The summed E-state index contributed by atoms with van der Waals surface area (Å²) in [6.07, 6.45) is 1.84.